The first kappa shape index (κ1) is 12.6. The molecule has 0 spiro atoms. The van der Waals surface area contributed by atoms with Gasteiger partial charge in [0, 0.05) is 38.4 Å². The fourth-order valence-corrected chi connectivity index (χ4v) is 3.12. The van der Waals surface area contributed by atoms with Crippen LogP contribution in [0.1, 0.15) is 38.9 Å². The largest absolute Gasteiger partial charge is 0.338 e. The zero-order valence-electron chi connectivity index (χ0n) is 11.3. The van der Waals surface area contributed by atoms with Crippen molar-refractivity contribution in [1.82, 2.24) is 14.9 Å². The maximum atomic E-state index is 4.35. The van der Waals surface area contributed by atoms with Gasteiger partial charge in [0.05, 0.1) is 0 Å². The molecule has 1 N–H and O–H groups in total. The number of rotatable bonds is 5. The first-order valence-corrected chi connectivity index (χ1v) is 6.92. The second-order valence-electron chi connectivity index (χ2n) is 5.37. The van der Waals surface area contributed by atoms with Gasteiger partial charge in [-0.3, -0.25) is 0 Å². The summed E-state index contributed by atoms with van der Waals surface area (Å²) in [6, 6.07) is 0.722. The topological polar surface area (TPSA) is 29.9 Å². The Morgan fingerprint density at radius 1 is 1.47 bits per heavy atom. The minimum atomic E-state index is 0.722. The number of hydrogen-bond acceptors (Lipinski definition) is 2. The molecule has 1 aliphatic carbocycles. The Morgan fingerprint density at radius 3 is 2.88 bits per heavy atom. The standard InChI is InChI=1S/C14H25N3/c1-4-12-5-6-13(11(12)2)15-8-7-14-16-9-10-17(14)3/h9-13,15H,4-8H2,1-3H3. The molecular formula is C14H25N3. The van der Waals surface area contributed by atoms with Crippen molar-refractivity contribution in [1.29, 1.82) is 0 Å². The maximum Gasteiger partial charge on any atom is 0.109 e. The molecule has 1 aromatic heterocycles. The minimum absolute atomic E-state index is 0.722. The van der Waals surface area contributed by atoms with E-state index in [2.05, 4.69) is 35.8 Å². The van der Waals surface area contributed by atoms with Crippen molar-refractivity contribution in [2.75, 3.05) is 6.54 Å². The van der Waals surface area contributed by atoms with Crippen LogP contribution in [-0.4, -0.2) is 22.1 Å². The Hall–Kier alpha value is -0.830. The van der Waals surface area contributed by atoms with Gasteiger partial charge in [0.25, 0.3) is 0 Å². The highest BCUT2D eigenvalue weighted by atomic mass is 15.0. The van der Waals surface area contributed by atoms with E-state index in [0.29, 0.717) is 0 Å². The number of nitrogens with one attached hydrogen (secondary N) is 1. The molecule has 2 rings (SSSR count). The molecule has 3 unspecified atom stereocenters. The molecule has 3 heteroatoms. The molecule has 0 radical (unpaired) electrons. The van der Waals surface area contributed by atoms with E-state index in [0.717, 1.165) is 30.8 Å². The van der Waals surface area contributed by atoms with Crippen molar-refractivity contribution in [3.8, 4) is 0 Å². The van der Waals surface area contributed by atoms with Crippen LogP contribution in [0.5, 0.6) is 0 Å². The summed E-state index contributed by atoms with van der Waals surface area (Å²) in [7, 11) is 2.06. The number of nitrogens with zero attached hydrogens (tertiary/aromatic N) is 2. The van der Waals surface area contributed by atoms with Crippen molar-refractivity contribution >= 4 is 0 Å². The van der Waals surface area contributed by atoms with Crippen molar-refractivity contribution in [2.45, 2.75) is 45.6 Å². The molecule has 17 heavy (non-hydrogen) atoms. The zero-order chi connectivity index (χ0) is 12.3. The van der Waals surface area contributed by atoms with Gasteiger partial charge in [0.15, 0.2) is 0 Å². The lowest BCUT2D eigenvalue weighted by molar-refractivity contribution is 0.346. The average Bonchev–Trinajstić information content (AvgIpc) is 2.87. The number of aryl methyl sites for hydroxylation is 1. The van der Waals surface area contributed by atoms with E-state index < -0.39 is 0 Å². The molecule has 1 heterocycles. The Morgan fingerprint density at radius 2 is 2.29 bits per heavy atom. The summed E-state index contributed by atoms with van der Waals surface area (Å²) < 4.78 is 2.11. The van der Waals surface area contributed by atoms with Crippen molar-refractivity contribution < 1.29 is 0 Å². The van der Waals surface area contributed by atoms with E-state index in [-0.39, 0.29) is 0 Å². The van der Waals surface area contributed by atoms with Crippen LogP contribution in [-0.2, 0) is 13.5 Å². The summed E-state index contributed by atoms with van der Waals surface area (Å²) in [6.07, 6.45) is 9.00. The Labute approximate surface area is 105 Å². The van der Waals surface area contributed by atoms with Gasteiger partial charge >= 0.3 is 0 Å². The highest BCUT2D eigenvalue weighted by molar-refractivity contribution is 4.93. The summed E-state index contributed by atoms with van der Waals surface area (Å²) in [5.41, 5.74) is 0. The summed E-state index contributed by atoms with van der Waals surface area (Å²) in [4.78, 5) is 4.35. The number of imidazole rings is 1. The molecule has 1 fully saturated rings. The quantitative estimate of drug-likeness (QED) is 0.849. The number of hydrogen-bond donors (Lipinski definition) is 1. The monoisotopic (exact) mass is 235 g/mol. The minimum Gasteiger partial charge on any atom is -0.338 e. The molecule has 1 aliphatic rings. The van der Waals surface area contributed by atoms with Crippen LogP contribution in [0.4, 0.5) is 0 Å². The van der Waals surface area contributed by atoms with Crippen LogP contribution < -0.4 is 5.32 Å². The summed E-state index contributed by atoms with van der Waals surface area (Å²) >= 11 is 0. The van der Waals surface area contributed by atoms with Gasteiger partial charge in [-0.15, -0.1) is 0 Å². The van der Waals surface area contributed by atoms with Gasteiger partial charge in [-0.05, 0) is 24.7 Å². The molecule has 0 aromatic carbocycles. The second kappa shape index (κ2) is 5.67. The third kappa shape index (κ3) is 2.89. The van der Waals surface area contributed by atoms with E-state index in [9.17, 15) is 0 Å². The van der Waals surface area contributed by atoms with Gasteiger partial charge < -0.3 is 9.88 Å². The predicted octanol–water partition coefficient (Wildman–Crippen LogP) is 2.38. The summed E-state index contributed by atoms with van der Waals surface area (Å²) in [5, 5.41) is 3.71. The lowest BCUT2D eigenvalue weighted by Gasteiger charge is -2.20. The zero-order valence-corrected chi connectivity index (χ0v) is 11.3. The van der Waals surface area contributed by atoms with E-state index in [1.807, 2.05) is 12.4 Å². The van der Waals surface area contributed by atoms with Crippen LogP contribution in [0.15, 0.2) is 12.4 Å². The fourth-order valence-electron chi connectivity index (χ4n) is 3.12. The van der Waals surface area contributed by atoms with Gasteiger partial charge in [-0.2, -0.15) is 0 Å². The first-order chi connectivity index (χ1) is 8.22. The van der Waals surface area contributed by atoms with Crippen LogP contribution in [0.2, 0.25) is 0 Å². The third-order valence-corrected chi connectivity index (χ3v) is 4.43. The summed E-state index contributed by atoms with van der Waals surface area (Å²) in [5.74, 6) is 2.94. The Bertz CT molecular complexity index is 345. The lowest BCUT2D eigenvalue weighted by Crippen LogP contribution is -2.34. The fraction of sp³-hybridized carbons (Fsp3) is 0.786. The SMILES string of the molecule is CCC1CCC(NCCc2nccn2C)C1C. The van der Waals surface area contributed by atoms with Crippen LogP contribution in [0.25, 0.3) is 0 Å². The molecule has 1 aromatic rings. The molecule has 0 bridgehead atoms. The lowest BCUT2D eigenvalue weighted by atomic mass is 9.93. The van der Waals surface area contributed by atoms with E-state index in [4.69, 9.17) is 0 Å². The Balaban J connectivity index is 1.74. The molecule has 3 atom stereocenters. The molecule has 0 amide bonds. The molecule has 3 nitrogen and oxygen atoms in total. The van der Waals surface area contributed by atoms with E-state index in [1.54, 1.807) is 0 Å². The van der Waals surface area contributed by atoms with Gasteiger partial charge in [0.2, 0.25) is 0 Å². The number of aromatic nitrogens is 2. The van der Waals surface area contributed by atoms with Crippen molar-refractivity contribution in [3.63, 3.8) is 0 Å². The van der Waals surface area contributed by atoms with Crippen LogP contribution in [0.3, 0.4) is 0 Å². The van der Waals surface area contributed by atoms with Gasteiger partial charge in [-0.25, -0.2) is 4.98 Å². The molecule has 0 saturated heterocycles. The van der Waals surface area contributed by atoms with Crippen LogP contribution >= 0.6 is 0 Å². The van der Waals surface area contributed by atoms with Gasteiger partial charge in [-0.1, -0.05) is 20.3 Å². The van der Waals surface area contributed by atoms with Crippen LogP contribution in [0, 0.1) is 11.8 Å². The molecule has 1 saturated carbocycles. The average molecular weight is 235 g/mol. The highest BCUT2D eigenvalue weighted by Crippen LogP contribution is 2.33. The third-order valence-electron chi connectivity index (χ3n) is 4.43. The predicted molar refractivity (Wildman–Crippen MR) is 70.9 cm³/mol. The van der Waals surface area contributed by atoms with E-state index >= 15 is 0 Å². The molecule has 96 valence electrons. The summed E-state index contributed by atoms with van der Waals surface area (Å²) in [6.45, 7) is 5.77. The maximum absolute atomic E-state index is 4.35. The first-order valence-electron chi connectivity index (χ1n) is 6.92. The smallest absolute Gasteiger partial charge is 0.109 e. The van der Waals surface area contributed by atoms with Crippen molar-refractivity contribution in [3.05, 3.63) is 18.2 Å². The van der Waals surface area contributed by atoms with Gasteiger partial charge in [0.1, 0.15) is 5.82 Å². The van der Waals surface area contributed by atoms with Crippen molar-refractivity contribution in [2.24, 2.45) is 18.9 Å². The normalized spacial score (nSPS) is 28.8. The highest BCUT2D eigenvalue weighted by Gasteiger charge is 2.30. The second-order valence-corrected chi connectivity index (χ2v) is 5.37. The molecule has 0 aliphatic heterocycles. The van der Waals surface area contributed by atoms with E-state index in [1.165, 1.54) is 25.1 Å². The Kier molecular flexibility index (Phi) is 4.21. The molecular weight excluding hydrogens is 210 g/mol.